The molecule has 5 rings (SSSR count). The van der Waals surface area contributed by atoms with Crippen molar-refractivity contribution in [3.8, 4) is 0 Å². The number of likely N-dealkylation sites (tertiary alicyclic amines) is 1. The molecule has 0 saturated carbocycles. The van der Waals surface area contributed by atoms with E-state index in [2.05, 4.69) is 20.1 Å². The van der Waals surface area contributed by atoms with E-state index < -0.39 is 0 Å². The zero-order valence-corrected chi connectivity index (χ0v) is 17.8. The summed E-state index contributed by atoms with van der Waals surface area (Å²) in [5, 5.41) is 10.5. The van der Waals surface area contributed by atoms with E-state index in [1.54, 1.807) is 18.2 Å². The van der Waals surface area contributed by atoms with Crippen molar-refractivity contribution in [2.24, 2.45) is 0 Å². The zero-order valence-electron chi connectivity index (χ0n) is 16.3. The van der Waals surface area contributed by atoms with Crippen LogP contribution in [0.4, 0.5) is 0 Å². The van der Waals surface area contributed by atoms with Crippen LogP contribution in [0.25, 0.3) is 21.8 Å². The monoisotopic (exact) mass is 441 g/mol. The van der Waals surface area contributed by atoms with Gasteiger partial charge in [-0.25, -0.2) is 4.98 Å². The zero-order chi connectivity index (χ0) is 20.7. The number of H-pyrrole nitrogens is 2. The summed E-state index contributed by atoms with van der Waals surface area (Å²) in [7, 11) is 0. The highest BCUT2D eigenvalue weighted by molar-refractivity contribution is 6.31. The minimum Gasteiger partial charge on any atom is -0.310 e. The fourth-order valence-electron chi connectivity index (χ4n) is 4.25. The van der Waals surface area contributed by atoms with E-state index in [0.717, 1.165) is 66.3 Å². The number of hydrogen-bond donors (Lipinski definition) is 2. The molecular weight excluding hydrogens is 421 g/mol. The van der Waals surface area contributed by atoms with Crippen LogP contribution < -0.4 is 5.56 Å². The molecule has 0 unspecified atom stereocenters. The first-order valence-electron chi connectivity index (χ1n) is 10.1. The van der Waals surface area contributed by atoms with Gasteiger partial charge in [-0.05, 0) is 62.3 Å². The molecule has 1 saturated heterocycles. The van der Waals surface area contributed by atoms with Gasteiger partial charge < -0.3 is 9.88 Å². The molecule has 30 heavy (non-hydrogen) atoms. The highest BCUT2D eigenvalue weighted by atomic mass is 35.5. The predicted molar refractivity (Wildman–Crippen MR) is 121 cm³/mol. The molecule has 0 aliphatic carbocycles. The normalized spacial score (nSPS) is 15.9. The minimum atomic E-state index is -0.0983. The van der Waals surface area contributed by atoms with Gasteiger partial charge in [0.25, 0.3) is 5.56 Å². The Labute approximate surface area is 183 Å². The standard InChI is InChI=1S/C22H21Cl2N5O/c23-14-2-4-18-17(11-14)19(28-27-18)7-10-29-8-5-13(6-9-29)21-25-20-12-15(24)1-3-16(20)22(30)26-21/h1-4,11-13H,5-10H2,(H,27,28)(H,25,26,30). The second-order valence-corrected chi connectivity index (χ2v) is 8.72. The minimum absolute atomic E-state index is 0.0983. The number of aromatic nitrogens is 4. The number of piperidine rings is 1. The predicted octanol–water partition coefficient (Wildman–Crippen LogP) is 4.53. The van der Waals surface area contributed by atoms with Gasteiger partial charge in [-0.3, -0.25) is 9.89 Å². The summed E-state index contributed by atoms with van der Waals surface area (Å²) in [4.78, 5) is 22.5. The van der Waals surface area contributed by atoms with Crippen molar-refractivity contribution in [2.75, 3.05) is 19.6 Å². The first-order chi connectivity index (χ1) is 14.6. The van der Waals surface area contributed by atoms with Gasteiger partial charge in [0.05, 0.1) is 16.4 Å². The Hall–Kier alpha value is -2.41. The summed E-state index contributed by atoms with van der Waals surface area (Å²) >= 11 is 12.2. The van der Waals surface area contributed by atoms with Crippen LogP contribution in [0.1, 0.15) is 30.3 Å². The third-order valence-electron chi connectivity index (χ3n) is 5.93. The molecule has 1 aliphatic heterocycles. The fourth-order valence-corrected chi connectivity index (χ4v) is 4.59. The van der Waals surface area contributed by atoms with Gasteiger partial charge in [0.2, 0.25) is 0 Å². The van der Waals surface area contributed by atoms with E-state index in [1.165, 1.54) is 0 Å². The van der Waals surface area contributed by atoms with Crippen molar-refractivity contribution >= 4 is 45.0 Å². The summed E-state index contributed by atoms with van der Waals surface area (Å²) in [5.74, 6) is 1.02. The molecule has 0 spiro atoms. The van der Waals surface area contributed by atoms with Crippen LogP contribution in [0.15, 0.2) is 41.2 Å². The van der Waals surface area contributed by atoms with Gasteiger partial charge in [0.15, 0.2) is 0 Å². The van der Waals surface area contributed by atoms with Crippen LogP contribution in [0, 0.1) is 0 Å². The molecule has 6 nitrogen and oxygen atoms in total. The number of aromatic amines is 2. The fraction of sp³-hybridized carbons (Fsp3) is 0.318. The molecule has 154 valence electrons. The van der Waals surface area contributed by atoms with E-state index in [0.29, 0.717) is 15.9 Å². The van der Waals surface area contributed by atoms with Gasteiger partial charge in [-0.2, -0.15) is 5.10 Å². The average molecular weight is 442 g/mol. The highest BCUT2D eigenvalue weighted by Gasteiger charge is 2.23. The lowest BCUT2D eigenvalue weighted by Gasteiger charge is -2.31. The second-order valence-electron chi connectivity index (χ2n) is 7.84. The summed E-state index contributed by atoms with van der Waals surface area (Å²) < 4.78 is 0. The van der Waals surface area contributed by atoms with Crippen LogP contribution in [-0.4, -0.2) is 44.7 Å². The average Bonchev–Trinajstić information content (AvgIpc) is 3.14. The van der Waals surface area contributed by atoms with Gasteiger partial charge in [-0.15, -0.1) is 0 Å². The van der Waals surface area contributed by atoms with Gasteiger partial charge in [-0.1, -0.05) is 23.2 Å². The maximum absolute atomic E-state index is 12.4. The quantitative estimate of drug-likeness (QED) is 0.487. The molecule has 8 heteroatoms. The van der Waals surface area contributed by atoms with Gasteiger partial charge in [0, 0.05) is 40.0 Å². The lowest BCUT2D eigenvalue weighted by Crippen LogP contribution is -2.35. The summed E-state index contributed by atoms with van der Waals surface area (Å²) in [6.07, 6.45) is 2.82. The van der Waals surface area contributed by atoms with Crippen LogP contribution in [0.3, 0.4) is 0 Å². The summed E-state index contributed by atoms with van der Waals surface area (Å²) in [5.41, 5.74) is 2.62. The molecule has 0 radical (unpaired) electrons. The number of nitrogens with one attached hydrogen (secondary N) is 2. The number of nitrogens with zero attached hydrogens (tertiary/aromatic N) is 3. The van der Waals surface area contributed by atoms with Crippen LogP contribution >= 0.6 is 23.2 Å². The molecule has 1 aliphatic rings. The first kappa shape index (κ1) is 19.5. The molecule has 2 aromatic carbocycles. The van der Waals surface area contributed by atoms with Crippen molar-refractivity contribution in [3.05, 3.63) is 68.3 Å². The third-order valence-corrected chi connectivity index (χ3v) is 6.40. The molecule has 1 fully saturated rings. The molecule has 4 aromatic rings. The Kier molecular flexibility index (Phi) is 5.23. The number of halogens is 2. The summed E-state index contributed by atoms with van der Waals surface area (Å²) in [6.45, 7) is 2.89. The number of benzene rings is 2. The molecule has 2 N–H and O–H groups in total. The van der Waals surface area contributed by atoms with Crippen LogP contribution in [0.5, 0.6) is 0 Å². The summed E-state index contributed by atoms with van der Waals surface area (Å²) in [6, 6.07) is 11.0. The van der Waals surface area contributed by atoms with Crippen LogP contribution in [-0.2, 0) is 6.42 Å². The Morgan fingerprint density at radius 2 is 1.77 bits per heavy atom. The van der Waals surface area contributed by atoms with Crippen molar-refractivity contribution < 1.29 is 0 Å². The SMILES string of the molecule is O=c1[nH]c(C2CCN(CCc3[nH]nc4ccc(Cl)cc34)CC2)nc2cc(Cl)ccc12. The smallest absolute Gasteiger partial charge is 0.258 e. The first-order valence-corrected chi connectivity index (χ1v) is 10.9. The Bertz CT molecular complexity index is 1270. The molecule has 3 heterocycles. The molecule has 0 amide bonds. The Morgan fingerprint density at radius 1 is 1.00 bits per heavy atom. The van der Waals surface area contributed by atoms with Gasteiger partial charge in [0.1, 0.15) is 5.82 Å². The number of hydrogen-bond acceptors (Lipinski definition) is 4. The number of fused-ring (bicyclic) bond motifs is 2. The molecule has 0 bridgehead atoms. The maximum Gasteiger partial charge on any atom is 0.258 e. The largest absolute Gasteiger partial charge is 0.310 e. The number of rotatable bonds is 4. The Morgan fingerprint density at radius 3 is 2.60 bits per heavy atom. The van der Waals surface area contributed by atoms with Crippen molar-refractivity contribution in [1.29, 1.82) is 0 Å². The molecular formula is C22H21Cl2N5O. The van der Waals surface area contributed by atoms with Crippen molar-refractivity contribution in [1.82, 2.24) is 25.1 Å². The maximum atomic E-state index is 12.4. The van der Waals surface area contributed by atoms with Crippen LogP contribution in [0.2, 0.25) is 10.0 Å². The third kappa shape index (κ3) is 3.83. The lowest BCUT2D eigenvalue weighted by molar-refractivity contribution is 0.211. The van der Waals surface area contributed by atoms with Crippen molar-refractivity contribution in [3.63, 3.8) is 0 Å². The van der Waals surface area contributed by atoms with E-state index in [4.69, 9.17) is 28.2 Å². The van der Waals surface area contributed by atoms with Gasteiger partial charge >= 0.3 is 0 Å². The van der Waals surface area contributed by atoms with E-state index >= 15 is 0 Å². The van der Waals surface area contributed by atoms with E-state index in [1.807, 2.05) is 18.2 Å². The van der Waals surface area contributed by atoms with Crippen molar-refractivity contribution in [2.45, 2.75) is 25.2 Å². The van der Waals surface area contributed by atoms with E-state index in [9.17, 15) is 4.79 Å². The van der Waals surface area contributed by atoms with E-state index in [-0.39, 0.29) is 11.5 Å². The topological polar surface area (TPSA) is 77.7 Å². The highest BCUT2D eigenvalue weighted by Crippen LogP contribution is 2.27. The molecule has 2 aromatic heterocycles. The molecule has 0 atom stereocenters. The lowest BCUT2D eigenvalue weighted by atomic mass is 9.95. The Balaban J connectivity index is 1.25. The second kappa shape index (κ2) is 8.02.